The van der Waals surface area contributed by atoms with Gasteiger partial charge in [-0.05, 0) is 31.4 Å². The van der Waals surface area contributed by atoms with Gasteiger partial charge in [-0.1, -0.05) is 32.0 Å². The van der Waals surface area contributed by atoms with E-state index in [1.165, 1.54) is 11.8 Å². The maximum Gasteiger partial charge on any atom is 0.316 e. The van der Waals surface area contributed by atoms with Crippen LogP contribution in [0, 0.1) is 18.8 Å². The standard InChI is InChI=1S/C16H22O3S/c1-5-19-16(18)15(11(2)3)13(17)10-20-14-9-7-6-8-12(14)4/h6-9,11,15H,5,10H2,1-4H3. The predicted octanol–water partition coefficient (Wildman–Crippen LogP) is 3.49. The maximum absolute atomic E-state index is 12.3. The monoisotopic (exact) mass is 294 g/mol. The quantitative estimate of drug-likeness (QED) is 0.438. The SMILES string of the molecule is CCOC(=O)C(C(=O)CSc1ccccc1C)C(C)C. The van der Waals surface area contributed by atoms with E-state index < -0.39 is 11.9 Å². The zero-order valence-corrected chi connectivity index (χ0v) is 13.3. The van der Waals surface area contributed by atoms with Crippen molar-refractivity contribution >= 4 is 23.5 Å². The molecule has 0 heterocycles. The Morgan fingerprint density at radius 1 is 1.25 bits per heavy atom. The number of thioether (sulfide) groups is 1. The molecule has 0 aliphatic rings. The van der Waals surface area contributed by atoms with E-state index >= 15 is 0 Å². The Kier molecular flexibility index (Phi) is 6.79. The number of ketones is 1. The molecule has 3 nitrogen and oxygen atoms in total. The second-order valence-electron chi connectivity index (χ2n) is 4.99. The summed E-state index contributed by atoms with van der Waals surface area (Å²) < 4.78 is 4.99. The molecule has 0 aliphatic carbocycles. The van der Waals surface area contributed by atoms with Gasteiger partial charge in [-0.2, -0.15) is 0 Å². The summed E-state index contributed by atoms with van der Waals surface area (Å²) in [5, 5.41) is 0. The number of hydrogen-bond acceptors (Lipinski definition) is 4. The highest BCUT2D eigenvalue weighted by Crippen LogP contribution is 2.24. The van der Waals surface area contributed by atoms with Crippen LogP contribution in [0.3, 0.4) is 0 Å². The smallest absolute Gasteiger partial charge is 0.316 e. The zero-order valence-electron chi connectivity index (χ0n) is 12.5. The average Bonchev–Trinajstić information content (AvgIpc) is 2.37. The minimum atomic E-state index is -0.661. The summed E-state index contributed by atoms with van der Waals surface area (Å²) in [5.74, 6) is -0.873. The molecule has 0 aliphatic heterocycles. The van der Waals surface area contributed by atoms with Crippen LogP contribution in [0.4, 0.5) is 0 Å². The molecule has 20 heavy (non-hydrogen) atoms. The van der Waals surface area contributed by atoms with Crippen LogP contribution in [-0.2, 0) is 14.3 Å². The van der Waals surface area contributed by atoms with Gasteiger partial charge < -0.3 is 4.74 Å². The van der Waals surface area contributed by atoms with E-state index in [0.29, 0.717) is 12.4 Å². The van der Waals surface area contributed by atoms with Crippen molar-refractivity contribution in [2.75, 3.05) is 12.4 Å². The van der Waals surface area contributed by atoms with E-state index in [9.17, 15) is 9.59 Å². The van der Waals surface area contributed by atoms with E-state index in [1.54, 1.807) is 6.92 Å². The fraction of sp³-hybridized carbons (Fsp3) is 0.500. The number of aryl methyl sites for hydroxylation is 1. The zero-order chi connectivity index (χ0) is 15.1. The highest BCUT2D eigenvalue weighted by Gasteiger charge is 2.30. The number of carbonyl (C=O) groups excluding carboxylic acids is 2. The molecule has 4 heteroatoms. The third-order valence-electron chi connectivity index (χ3n) is 3.02. The van der Waals surface area contributed by atoms with Gasteiger partial charge in [0.15, 0.2) is 5.78 Å². The van der Waals surface area contributed by atoms with Gasteiger partial charge in [0, 0.05) is 4.90 Å². The van der Waals surface area contributed by atoms with Crippen molar-refractivity contribution in [2.24, 2.45) is 11.8 Å². The van der Waals surface area contributed by atoms with Crippen molar-refractivity contribution in [2.45, 2.75) is 32.6 Å². The molecule has 1 aromatic carbocycles. The Hall–Kier alpha value is -1.29. The fourth-order valence-electron chi connectivity index (χ4n) is 1.96. The molecule has 0 saturated carbocycles. The van der Waals surface area contributed by atoms with E-state index in [4.69, 9.17) is 4.74 Å². The van der Waals surface area contributed by atoms with Crippen molar-refractivity contribution in [1.82, 2.24) is 0 Å². The highest BCUT2D eigenvalue weighted by atomic mass is 32.2. The molecule has 0 fully saturated rings. The summed E-state index contributed by atoms with van der Waals surface area (Å²) in [7, 11) is 0. The number of rotatable bonds is 7. The van der Waals surface area contributed by atoms with Gasteiger partial charge in [-0.15, -0.1) is 11.8 Å². The molecule has 0 radical (unpaired) electrons. The molecular weight excluding hydrogens is 272 g/mol. The summed E-state index contributed by atoms with van der Waals surface area (Å²) >= 11 is 1.48. The third-order valence-corrected chi connectivity index (χ3v) is 4.22. The van der Waals surface area contributed by atoms with Crippen LogP contribution in [0.1, 0.15) is 26.3 Å². The first-order valence-electron chi connectivity index (χ1n) is 6.85. The number of ether oxygens (including phenoxy) is 1. The Balaban J connectivity index is 2.68. The second-order valence-corrected chi connectivity index (χ2v) is 6.01. The van der Waals surface area contributed by atoms with Gasteiger partial charge in [0.05, 0.1) is 12.4 Å². The van der Waals surface area contributed by atoms with Crippen molar-refractivity contribution in [3.05, 3.63) is 29.8 Å². The Morgan fingerprint density at radius 3 is 2.45 bits per heavy atom. The number of benzene rings is 1. The topological polar surface area (TPSA) is 43.4 Å². The van der Waals surface area contributed by atoms with Crippen LogP contribution in [0.2, 0.25) is 0 Å². The molecular formula is C16H22O3S. The van der Waals surface area contributed by atoms with Gasteiger partial charge in [-0.3, -0.25) is 9.59 Å². The van der Waals surface area contributed by atoms with Crippen LogP contribution in [-0.4, -0.2) is 24.1 Å². The summed E-state index contributed by atoms with van der Waals surface area (Å²) in [6.07, 6.45) is 0. The molecule has 0 aromatic heterocycles. The lowest BCUT2D eigenvalue weighted by Gasteiger charge is -2.17. The average molecular weight is 294 g/mol. The molecule has 110 valence electrons. The molecule has 1 unspecified atom stereocenters. The first-order valence-corrected chi connectivity index (χ1v) is 7.83. The largest absolute Gasteiger partial charge is 0.465 e. The van der Waals surface area contributed by atoms with Gasteiger partial charge >= 0.3 is 5.97 Å². The Morgan fingerprint density at radius 2 is 1.90 bits per heavy atom. The number of hydrogen-bond donors (Lipinski definition) is 0. The molecule has 1 aromatic rings. The summed E-state index contributed by atoms with van der Waals surface area (Å²) in [6.45, 7) is 7.82. The molecule has 0 spiro atoms. The summed E-state index contributed by atoms with van der Waals surface area (Å²) in [4.78, 5) is 25.2. The van der Waals surface area contributed by atoms with Crippen molar-refractivity contribution < 1.29 is 14.3 Å². The van der Waals surface area contributed by atoms with Crippen LogP contribution in [0.25, 0.3) is 0 Å². The number of esters is 1. The lowest BCUT2D eigenvalue weighted by atomic mass is 9.92. The normalized spacial score (nSPS) is 12.2. The predicted molar refractivity (Wildman–Crippen MR) is 81.9 cm³/mol. The van der Waals surface area contributed by atoms with Crippen LogP contribution >= 0.6 is 11.8 Å². The van der Waals surface area contributed by atoms with Crippen LogP contribution < -0.4 is 0 Å². The van der Waals surface area contributed by atoms with Gasteiger partial charge in [0.25, 0.3) is 0 Å². The van der Waals surface area contributed by atoms with Crippen molar-refractivity contribution in [3.63, 3.8) is 0 Å². The Bertz CT molecular complexity index is 469. The molecule has 1 rings (SSSR count). The minimum absolute atomic E-state index is 0.0426. The molecule has 0 N–H and O–H groups in total. The third kappa shape index (κ3) is 4.67. The Labute approximate surface area is 125 Å². The first kappa shape index (κ1) is 16.8. The van der Waals surface area contributed by atoms with Crippen molar-refractivity contribution in [1.29, 1.82) is 0 Å². The number of Topliss-reactive ketones (excluding diaryl/α,β-unsaturated/α-hetero) is 1. The number of carbonyl (C=O) groups is 2. The second kappa shape index (κ2) is 8.10. The van der Waals surface area contributed by atoms with Gasteiger partial charge in [-0.25, -0.2) is 0 Å². The molecule has 0 saturated heterocycles. The van der Waals surface area contributed by atoms with Gasteiger partial charge in [0.1, 0.15) is 5.92 Å². The lowest BCUT2D eigenvalue weighted by molar-refractivity contribution is -0.152. The fourth-order valence-corrected chi connectivity index (χ4v) is 2.91. The van der Waals surface area contributed by atoms with Gasteiger partial charge in [0.2, 0.25) is 0 Å². The summed E-state index contributed by atoms with van der Waals surface area (Å²) in [5.41, 5.74) is 1.14. The van der Waals surface area contributed by atoms with Crippen LogP contribution in [0.5, 0.6) is 0 Å². The van der Waals surface area contributed by atoms with Crippen molar-refractivity contribution in [3.8, 4) is 0 Å². The highest BCUT2D eigenvalue weighted by molar-refractivity contribution is 8.00. The van der Waals surface area contributed by atoms with E-state index in [-0.39, 0.29) is 11.7 Å². The molecule has 1 atom stereocenters. The summed E-state index contributed by atoms with van der Waals surface area (Å²) in [6, 6.07) is 7.92. The molecule has 0 bridgehead atoms. The van der Waals surface area contributed by atoms with E-state index in [2.05, 4.69) is 0 Å². The van der Waals surface area contributed by atoms with E-state index in [1.807, 2.05) is 45.0 Å². The maximum atomic E-state index is 12.3. The lowest BCUT2D eigenvalue weighted by Crippen LogP contribution is -2.31. The molecule has 0 amide bonds. The van der Waals surface area contributed by atoms with Crippen LogP contribution in [0.15, 0.2) is 29.2 Å². The minimum Gasteiger partial charge on any atom is -0.465 e. The first-order chi connectivity index (χ1) is 9.47. The van der Waals surface area contributed by atoms with E-state index in [0.717, 1.165) is 10.5 Å².